The Hall–Kier alpha value is -0.780. The molecule has 1 aromatic rings. The highest BCUT2D eigenvalue weighted by Crippen LogP contribution is 2.35. The van der Waals surface area contributed by atoms with Gasteiger partial charge in [0.2, 0.25) is 0 Å². The van der Waals surface area contributed by atoms with Gasteiger partial charge in [0.05, 0.1) is 5.69 Å². The first-order valence-electron chi connectivity index (χ1n) is 8.19. The fourth-order valence-electron chi connectivity index (χ4n) is 2.50. The van der Waals surface area contributed by atoms with Crippen molar-refractivity contribution in [3.63, 3.8) is 0 Å². The highest BCUT2D eigenvalue weighted by Gasteiger charge is 2.33. The van der Waals surface area contributed by atoms with Crippen LogP contribution < -0.4 is 0 Å². The second-order valence-corrected chi connectivity index (χ2v) is 9.61. The normalized spacial score (nSPS) is 18.9. The minimum Gasteiger partial charge on any atom is -0.306 e. The molecule has 0 spiro atoms. The van der Waals surface area contributed by atoms with Crippen LogP contribution in [0.25, 0.3) is 0 Å². The first-order valence-corrected chi connectivity index (χ1v) is 10.6. The van der Waals surface area contributed by atoms with Gasteiger partial charge in [0.25, 0.3) is 0 Å². The lowest BCUT2D eigenvalue weighted by molar-refractivity contribution is 0.348. The number of hydrogen-bond donors (Lipinski definition) is 0. The van der Waals surface area contributed by atoms with Crippen molar-refractivity contribution in [3.05, 3.63) is 42.5 Å². The Labute approximate surface area is 160 Å². The van der Waals surface area contributed by atoms with Crippen molar-refractivity contribution < 1.29 is 0 Å². The Bertz CT molecular complexity index is 635. The summed E-state index contributed by atoms with van der Waals surface area (Å²) in [4.78, 5) is 7.20. The number of hydrogen-bond acceptors (Lipinski definition) is 4. The summed E-state index contributed by atoms with van der Waals surface area (Å²) in [6.45, 7) is 13.7. The van der Waals surface area contributed by atoms with E-state index in [1.807, 2.05) is 6.08 Å². The third kappa shape index (κ3) is 5.11. The fraction of sp³-hybridized carbons (Fsp3) is 0.474. The molecule has 0 atom stereocenters. The summed E-state index contributed by atoms with van der Waals surface area (Å²) in [5, 5.41) is 1.02. The molecular weight excluding hydrogens is 352 g/mol. The van der Waals surface area contributed by atoms with Gasteiger partial charge in [-0.2, -0.15) is 0 Å². The standard InChI is InChI=1S/C19H26N2S3/c1-6-11-23-18(22)21-12-19(4,5)13-24-17(21)20-16-10-8-7-9-15(16)14(2)3/h6-10,14H,1,11-13H2,2-5H3/b20-17-. The van der Waals surface area contributed by atoms with Crippen LogP contribution in [0.1, 0.15) is 39.2 Å². The second kappa shape index (κ2) is 8.54. The number of para-hydroxylation sites is 1. The molecule has 5 heteroatoms. The number of nitrogens with zero attached hydrogens (tertiary/aromatic N) is 2. The van der Waals surface area contributed by atoms with Crippen LogP contribution in [0.5, 0.6) is 0 Å². The molecule has 130 valence electrons. The molecule has 0 unspecified atom stereocenters. The van der Waals surface area contributed by atoms with Gasteiger partial charge in [-0.25, -0.2) is 4.99 Å². The van der Waals surface area contributed by atoms with Gasteiger partial charge in [0, 0.05) is 18.1 Å². The van der Waals surface area contributed by atoms with Gasteiger partial charge in [-0.1, -0.05) is 87.7 Å². The molecule has 24 heavy (non-hydrogen) atoms. The molecule has 1 aromatic carbocycles. The zero-order chi connectivity index (χ0) is 17.7. The lowest BCUT2D eigenvalue weighted by Crippen LogP contribution is -2.45. The lowest BCUT2D eigenvalue weighted by atomic mass is 9.96. The van der Waals surface area contributed by atoms with E-state index in [0.29, 0.717) is 5.92 Å². The minimum absolute atomic E-state index is 0.222. The van der Waals surface area contributed by atoms with Crippen LogP contribution in [0.2, 0.25) is 0 Å². The average molecular weight is 379 g/mol. The van der Waals surface area contributed by atoms with E-state index in [9.17, 15) is 0 Å². The molecule has 1 aliphatic heterocycles. The van der Waals surface area contributed by atoms with Gasteiger partial charge in [0.1, 0.15) is 4.32 Å². The first-order chi connectivity index (χ1) is 11.3. The molecule has 1 heterocycles. The van der Waals surface area contributed by atoms with Crippen LogP contribution >= 0.6 is 35.7 Å². The zero-order valence-corrected chi connectivity index (χ0v) is 17.4. The number of rotatable bonds is 4. The molecular formula is C19H26N2S3. The van der Waals surface area contributed by atoms with E-state index in [0.717, 1.165) is 33.2 Å². The number of benzene rings is 1. The summed E-state index contributed by atoms with van der Waals surface area (Å²) in [7, 11) is 0. The third-order valence-corrected chi connectivity index (χ3v) is 6.67. The Balaban J connectivity index is 2.34. The molecule has 1 aliphatic rings. The monoisotopic (exact) mass is 378 g/mol. The molecule has 0 amide bonds. The largest absolute Gasteiger partial charge is 0.306 e. The van der Waals surface area contributed by atoms with Crippen molar-refractivity contribution in [1.82, 2.24) is 4.90 Å². The molecule has 2 nitrogen and oxygen atoms in total. The van der Waals surface area contributed by atoms with E-state index in [2.05, 4.69) is 63.4 Å². The Kier molecular flexibility index (Phi) is 6.96. The summed E-state index contributed by atoms with van der Waals surface area (Å²) in [6, 6.07) is 8.40. The summed E-state index contributed by atoms with van der Waals surface area (Å²) < 4.78 is 0.885. The van der Waals surface area contributed by atoms with Crippen LogP contribution in [0, 0.1) is 5.41 Å². The maximum Gasteiger partial charge on any atom is 0.169 e. The summed E-state index contributed by atoms with van der Waals surface area (Å²) in [5.74, 6) is 2.34. The average Bonchev–Trinajstić information content (AvgIpc) is 2.54. The van der Waals surface area contributed by atoms with Gasteiger partial charge < -0.3 is 4.90 Å². The van der Waals surface area contributed by atoms with Crippen molar-refractivity contribution in [2.75, 3.05) is 18.1 Å². The third-order valence-electron chi connectivity index (χ3n) is 3.73. The fourth-order valence-corrected chi connectivity index (χ4v) is 4.63. The van der Waals surface area contributed by atoms with E-state index in [1.54, 1.807) is 23.5 Å². The quantitative estimate of drug-likeness (QED) is 0.466. The van der Waals surface area contributed by atoms with Crippen LogP contribution in [0.3, 0.4) is 0 Å². The Morgan fingerprint density at radius 3 is 2.83 bits per heavy atom. The first kappa shape index (κ1) is 19.5. The number of thioether (sulfide) groups is 2. The van der Waals surface area contributed by atoms with Crippen LogP contribution in [-0.2, 0) is 0 Å². The summed E-state index contributed by atoms with van der Waals surface area (Å²) >= 11 is 9.12. The van der Waals surface area contributed by atoms with Crippen molar-refractivity contribution in [1.29, 1.82) is 0 Å². The molecule has 2 rings (SSSR count). The molecule has 0 aromatic heterocycles. The Morgan fingerprint density at radius 1 is 1.46 bits per heavy atom. The van der Waals surface area contributed by atoms with Crippen molar-refractivity contribution in [2.45, 2.75) is 33.6 Å². The molecule has 1 saturated heterocycles. The van der Waals surface area contributed by atoms with Crippen molar-refractivity contribution in [3.8, 4) is 0 Å². The molecule has 1 fully saturated rings. The molecule has 0 radical (unpaired) electrons. The maximum absolute atomic E-state index is 5.67. The van der Waals surface area contributed by atoms with Gasteiger partial charge >= 0.3 is 0 Å². The summed E-state index contributed by atoms with van der Waals surface area (Å²) in [5.41, 5.74) is 2.55. The molecule has 0 aliphatic carbocycles. The van der Waals surface area contributed by atoms with E-state index in [-0.39, 0.29) is 5.41 Å². The van der Waals surface area contributed by atoms with Crippen molar-refractivity contribution >= 4 is 50.9 Å². The van der Waals surface area contributed by atoms with Crippen LogP contribution in [-0.4, -0.2) is 32.4 Å². The van der Waals surface area contributed by atoms with Gasteiger partial charge in [-0.15, -0.1) is 6.58 Å². The van der Waals surface area contributed by atoms with Gasteiger partial charge in [0.15, 0.2) is 5.17 Å². The van der Waals surface area contributed by atoms with Crippen LogP contribution in [0.4, 0.5) is 5.69 Å². The topological polar surface area (TPSA) is 15.6 Å². The highest BCUT2D eigenvalue weighted by atomic mass is 32.2. The number of amidine groups is 1. The second-order valence-electron chi connectivity index (χ2n) is 7.01. The van der Waals surface area contributed by atoms with E-state index >= 15 is 0 Å². The van der Waals surface area contributed by atoms with Crippen molar-refractivity contribution in [2.24, 2.45) is 10.4 Å². The Morgan fingerprint density at radius 2 is 2.17 bits per heavy atom. The van der Waals surface area contributed by atoms with E-state index in [1.165, 1.54) is 5.56 Å². The highest BCUT2D eigenvalue weighted by molar-refractivity contribution is 8.23. The van der Waals surface area contributed by atoms with E-state index < -0.39 is 0 Å². The number of aliphatic imine (C=N–C) groups is 1. The smallest absolute Gasteiger partial charge is 0.169 e. The zero-order valence-electron chi connectivity index (χ0n) is 14.9. The molecule has 0 bridgehead atoms. The SMILES string of the molecule is C=CCSC(=S)N1CC(C)(C)CS/C1=N\c1ccccc1C(C)C. The summed E-state index contributed by atoms with van der Waals surface area (Å²) in [6.07, 6.45) is 1.89. The predicted octanol–water partition coefficient (Wildman–Crippen LogP) is 6.08. The maximum atomic E-state index is 5.67. The predicted molar refractivity (Wildman–Crippen MR) is 116 cm³/mol. The molecule has 0 N–H and O–H groups in total. The van der Waals surface area contributed by atoms with Gasteiger partial charge in [-0.05, 0) is 23.0 Å². The number of thiocarbonyl (C=S) groups is 1. The van der Waals surface area contributed by atoms with E-state index in [4.69, 9.17) is 17.2 Å². The molecule has 0 saturated carbocycles. The van der Waals surface area contributed by atoms with Gasteiger partial charge in [-0.3, -0.25) is 0 Å². The van der Waals surface area contributed by atoms with Crippen LogP contribution in [0.15, 0.2) is 41.9 Å². The lowest BCUT2D eigenvalue weighted by Gasteiger charge is -2.39. The minimum atomic E-state index is 0.222.